The molecule has 3 amide bonds. The smallest absolute Gasteiger partial charge is 0.397 e. The predicted molar refractivity (Wildman–Crippen MR) is 269 cm³/mol. The zero-order valence-electron chi connectivity index (χ0n) is 46.3. The van der Waals surface area contributed by atoms with Crippen LogP contribution in [0.2, 0.25) is 0 Å². The first-order valence-electron chi connectivity index (χ1n) is 26.8. The largest absolute Gasteiger partial charge is 0.462 e. The fourth-order valence-corrected chi connectivity index (χ4v) is 8.95. The zero-order chi connectivity index (χ0) is 60.0. The minimum atomic E-state index is -5.55. The van der Waals surface area contributed by atoms with Gasteiger partial charge in [-0.3, -0.25) is 38.1 Å². The Morgan fingerprint density at radius 2 is 1.09 bits per heavy atom. The first-order chi connectivity index (χ1) is 37.7. The normalized spacial score (nSPS) is 30.4. The van der Waals surface area contributed by atoms with Crippen LogP contribution in [0.4, 0.5) is 0 Å². The molecule has 3 saturated heterocycles. The standard InChI is InChI=1S/C49H83N3O27S/c1-9-25(53)18-36(60)77-45-38(51-32(56)20-27(11-3)73-34(58)13-5)47(69-8)76-30(41(45)63)23-71-48-39(52-33(57)21-28(12-4)74-35(59)14-6)46(78-37(61)19-26(54)10-2)44(79-80(66,67)68)29(75-48)22-50-31(55)16-15-17-70-49-43(65)42(64)40(62)24(7)72-49/h24-30,38-49,53-54,62-65H,9-23H2,1-8H3,(H,50,55)(H,51,56)(H,52,57)(H,66,67,68)/t24?,25-,26-,27-,28-,29?,30?,38?,39?,40+,41-,42?,43?,44-,45?,46?,47-,48-,49+/m1/s1. The van der Waals surface area contributed by atoms with E-state index >= 15 is 0 Å². The highest BCUT2D eigenvalue weighted by Gasteiger charge is 2.54. The maximum Gasteiger partial charge on any atom is 0.397 e. The maximum absolute atomic E-state index is 14.0. The average Bonchev–Trinajstić information content (AvgIpc) is 3.40. The highest BCUT2D eigenvalue weighted by molar-refractivity contribution is 7.80. The van der Waals surface area contributed by atoms with Crippen molar-refractivity contribution in [1.29, 1.82) is 0 Å². The van der Waals surface area contributed by atoms with E-state index in [2.05, 4.69) is 16.0 Å². The Hall–Kier alpha value is -4.32. The Balaban J connectivity index is 2.08. The highest BCUT2D eigenvalue weighted by atomic mass is 32.3. The van der Waals surface area contributed by atoms with Crippen LogP contribution >= 0.6 is 0 Å². The third-order valence-corrected chi connectivity index (χ3v) is 13.7. The van der Waals surface area contributed by atoms with Gasteiger partial charge in [-0.1, -0.05) is 41.5 Å². The first kappa shape index (κ1) is 69.9. The van der Waals surface area contributed by atoms with E-state index in [1.54, 1.807) is 27.7 Å². The molecule has 31 heteroatoms. The van der Waals surface area contributed by atoms with Gasteiger partial charge in [0.05, 0.1) is 57.2 Å². The summed E-state index contributed by atoms with van der Waals surface area (Å²) in [6, 6.07) is -3.37. The lowest BCUT2D eigenvalue weighted by Gasteiger charge is -2.47. The highest BCUT2D eigenvalue weighted by Crippen LogP contribution is 2.32. The molecule has 0 aromatic rings. The van der Waals surface area contributed by atoms with E-state index in [1.165, 1.54) is 20.8 Å². The molecule has 19 atom stereocenters. The Morgan fingerprint density at radius 3 is 1.57 bits per heavy atom. The lowest BCUT2D eigenvalue weighted by Crippen LogP contribution is -2.68. The van der Waals surface area contributed by atoms with Crippen LogP contribution in [0.1, 0.15) is 126 Å². The number of rotatable bonds is 33. The number of carbonyl (C=O) groups is 7. The number of carbonyl (C=O) groups excluding carboxylic acids is 7. The van der Waals surface area contributed by atoms with E-state index in [0.29, 0.717) is 0 Å². The summed E-state index contributed by atoms with van der Waals surface area (Å²) >= 11 is 0. The number of amides is 3. The fourth-order valence-electron chi connectivity index (χ4n) is 8.44. The summed E-state index contributed by atoms with van der Waals surface area (Å²) in [5, 5.41) is 70.7. The van der Waals surface area contributed by atoms with E-state index in [1.807, 2.05) is 0 Å². The summed E-state index contributed by atoms with van der Waals surface area (Å²) in [5.74, 6) is -5.89. The second kappa shape index (κ2) is 34.3. The lowest BCUT2D eigenvalue weighted by molar-refractivity contribution is -0.298. The Labute approximate surface area is 464 Å². The number of hydrogen-bond acceptors (Lipinski definition) is 26. The van der Waals surface area contributed by atoms with Crippen molar-refractivity contribution in [3.05, 3.63) is 0 Å². The van der Waals surface area contributed by atoms with E-state index in [4.69, 9.17) is 51.6 Å². The molecule has 0 aromatic heterocycles. The molecular weight excluding hydrogens is 1090 g/mol. The lowest BCUT2D eigenvalue weighted by atomic mass is 9.94. The van der Waals surface area contributed by atoms with Crippen LogP contribution < -0.4 is 16.0 Å². The van der Waals surface area contributed by atoms with Gasteiger partial charge in [-0.2, -0.15) is 8.42 Å². The van der Waals surface area contributed by atoms with Crippen LogP contribution in [-0.2, 0) is 95.5 Å². The number of esters is 4. The first-order valence-corrected chi connectivity index (χ1v) is 28.2. The van der Waals surface area contributed by atoms with Gasteiger partial charge in [-0.25, -0.2) is 4.18 Å². The van der Waals surface area contributed by atoms with E-state index in [9.17, 15) is 77.2 Å². The molecule has 30 nitrogen and oxygen atoms in total. The summed E-state index contributed by atoms with van der Waals surface area (Å²) in [6.07, 6.45) is -28.2. The minimum Gasteiger partial charge on any atom is -0.462 e. The number of methoxy groups -OCH3 is 1. The van der Waals surface area contributed by atoms with Crippen molar-refractivity contribution in [2.75, 3.05) is 26.9 Å². The third kappa shape index (κ3) is 22.4. The summed E-state index contributed by atoms with van der Waals surface area (Å²) in [5.41, 5.74) is 0. The molecule has 3 aliphatic rings. The fraction of sp³-hybridized carbons (Fsp3) is 0.857. The van der Waals surface area contributed by atoms with E-state index in [0.717, 1.165) is 7.11 Å². The number of aliphatic hydroxyl groups is 6. The van der Waals surface area contributed by atoms with Crippen molar-refractivity contribution < 1.29 is 129 Å². The second-order valence-corrected chi connectivity index (χ2v) is 20.4. The van der Waals surface area contributed by atoms with Crippen molar-refractivity contribution in [3.8, 4) is 0 Å². The Kier molecular flexibility index (Phi) is 30.0. The molecule has 462 valence electrons. The molecule has 3 rings (SSSR count). The molecule has 3 fully saturated rings. The molecule has 0 aromatic carbocycles. The molecular formula is C49H83N3O27S. The zero-order valence-corrected chi connectivity index (χ0v) is 47.1. The van der Waals surface area contributed by atoms with Crippen LogP contribution in [0.25, 0.3) is 0 Å². The summed E-state index contributed by atoms with van der Waals surface area (Å²) < 4.78 is 97.4. The van der Waals surface area contributed by atoms with Crippen molar-refractivity contribution in [3.63, 3.8) is 0 Å². The van der Waals surface area contributed by atoms with Crippen molar-refractivity contribution in [2.24, 2.45) is 0 Å². The number of aliphatic hydroxyl groups excluding tert-OH is 6. The molecule has 0 radical (unpaired) electrons. The van der Waals surface area contributed by atoms with Crippen LogP contribution in [0, 0.1) is 0 Å². The van der Waals surface area contributed by atoms with Gasteiger partial charge in [-0.15, -0.1) is 0 Å². The summed E-state index contributed by atoms with van der Waals surface area (Å²) in [4.78, 5) is 92.0. The molecule has 0 spiro atoms. The quantitative estimate of drug-likeness (QED) is 0.0144. The molecule has 0 bridgehead atoms. The monoisotopic (exact) mass is 1180 g/mol. The third-order valence-electron chi connectivity index (χ3n) is 13.2. The van der Waals surface area contributed by atoms with Crippen LogP contribution in [-0.4, -0.2) is 228 Å². The van der Waals surface area contributed by atoms with Gasteiger partial charge >= 0.3 is 34.3 Å². The minimum absolute atomic E-state index is 0.0278. The topological polar surface area (TPSA) is 433 Å². The number of ether oxygens (including phenoxy) is 10. The van der Waals surface area contributed by atoms with Gasteiger partial charge in [0.1, 0.15) is 67.0 Å². The van der Waals surface area contributed by atoms with Gasteiger partial charge < -0.3 is 94.0 Å². The maximum atomic E-state index is 14.0. The molecule has 3 heterocycles. The average molecular weight is 1180 g/mol. The van der Waals surface area contributed by atoms with Gasteiger partial charge in [0.2, 0.25) is 17.7 Å². The summed E-state index contributed by atoms with van der Waals surface area (Å²) in [7, 11) is -4.40. The van der Waals surface area contributed by atoms with Crippen LogP contribution in [0.3, 0.4) is 0 Å². The molecule has 10 N–H and O–H groups in total. The Bertz CT molecular complexity index is 2090. The van der Waals surface area contributed by atoms with Gasteiger partial charge in [0, 0.05) is 32.9 Å². The van der Waals surface area contributed by atoms with Gasteiger partial charge in [-0.05, 0) is 39.0 Å². The SMILES string of the molecule is CCC(=O)O[C@H](CC)CC(=O)NC1C(OC(=O)C[C@H](O)CC)[C@H](O)C(CO[C@@H]2OC(CNC(=O)CCCO[C@H]3OC(C)[C@H](O)C(O)C3O)[C@@H](OS(=O)(=O)O)C(OC(=O)C[C@H](O)CC)C2NC(=O)C[C@@H](CC)OC(=O)CC)O[C@H]1OC. The van der Waals surface area contributed by atoms with Crippen molar-refractivity contribution in [2.45, 2.75) is 242 Å². The number of nitrogens with one attached hydrogen (secondary N) is 3. The predicted octanol–water partition coefficient (Wildman–Crippen LogP) is -2.25. The van der Waals surface area contributed by atoms with Crippen molar-refractivity contribution >= 4 is 52.0 Å². The molecule has 0 aliphatic carbocycles. The number of hydrogen-bond donors (Lipinski definition) is 10. The van der Waals surface area contributed by atoms with Gasteiger partial charge in [0.15, 0.2) is 31.1 Å². The van der Waals surface area contributed by atoms with Crippen LogP contribution in [0.15, 0.2) is 0 Å². The van der Waals surface area contributed by atoms with Crippen molar-refractivity contribution in [1.82, 2.24) is 16.0 Å². The van der Waals surface area contributed by atoms with E-state index < -0.39 is 201 Å². The summed E-state index contributed by atoms with van der Waals surface area (Å²) in [6.45, 7) is 9.14. The van der Waals surface area contributed by atoms with Gasteiger partial charge in [0.25, 0.3) is 0 Å². The molecule has 9 unspecified atom stereocenters. The Morgan fingerprint density at radius 1 is 0.575 bits per heavy atom. The van der Waals surface area contributed by atoms with E-state index in [-0.39, 0.29) is 64.4 Å². The second-order valence-electron chi connectivity index (χ2n) is 19.4. The molecule has 0 saturated carbocycles. The van der Waals surface area contributed by atoms with Crippen LogP contribution in [0.5, 0.6) is 0 Å². The molecule has 80 heavy (non-hydrogen) atoms. The molecule has 3 aliphatic heterocycles.